The number of imidazole rings is 1. The van der Waals surface area contributed by atoms with E-state index in [-0.39, 0.29) is 0 Å². The summed E-state index contributed by atoms with van der Waals surface area (Å²) in [5.74, 6) is 1.40. The van der Waals surface area contributed by atoms with Crippen LogP contribution in [0.3, 0.4) is 0 Å². The number of para-hydroxylation sites is 3. The Hall–Kier alpha value is -2.92. The van der Waals surface area contributed by atoms with Crippen molar-refractivity contribution in [3.8, 4) is 5.82 Å². The Morgan fingerprint density at radius 3 is 2.56 bits per heavy atom. The van der Waals surface area contributed by atoms with E-state index < -0.39 is 0 Å². The maximum atomic E-state index is 6.21. The number of benzene rings is 2. The van der Waals surface area contributed by atoms with Crippen LogP contribution in [0.4, 0.5) is 11.6 Å². The van der Waals surface area contributed by atoms with Gasteiger partial charge >= 0.3 is 0 Å². The summed E-state index contributed by atoms with van der Waals surface area (Å²) < 4.78 is 1.98. The fourth-order valence-corrected chi connectivity index (χ4v) is 2.93. The van der Waals surface area contributed by atoms with E-state index in [1.807, 2.05) is 54.0 Å². The van der Waals surface area contributed by atoms with E-state index >= 15 is 0 Å². The third-order valence-corrected chi connectivity index (χ3v) is 4.54. The number of rotatable bonds is 3. The van der Waals surface area contributed by atoms with Crippen LogP contribution in [-0.4, -0.2) is 19.5 Å². The lowest BCUT2D eigenvalue weighted by molar-refractivity contribution is 0.978. The Bertz CT molecular complexity index is 1070. The van der Waals surface area contributed by atoms with Crippen LogP contribution in [0.2, 0.25) is 5.15 Å². The van der Waals surface area contributed by atoms with Crippen LogP contribution in [0, 0.1) is 13.8 Å². The Morgan fingerprint density at radius 1 is 0.960 bits per heavy atom. The number of aryl methyl sites for hydroxylation is 1. The minimum atomic E-state index is 0.435. The smallest absolute Gasteiger partial charge is 0.214 e. The summed E-state index contributed by atoms with van der Waals surface area (Å²) in [6, 6.07) is 16.0. The van der Waals surface area contributed by atoms with Crippen LogP contribution in [-0.2, 0) is 0 Å². The predicted octanol–water partition coefficient (Wildman–Crippen LogP) is 4.83. The van der Waals surface area contributed by atoms with Crippen molar-refractivity contribution in [1.29, 1.82) is 0 Å². The Morgan fingerprint density at radius 2 is 1.72 bits per heavy atom. The van der Waals surface area contributed by atoms with Gasteiger partial charge in [0.25, 0.3) is 0 Å². The van der Waals surface area contributed by atoms with Crippen LogP contribution < -0.4 is 5.32 Å². The SMILES string of the molecule is Cc1ccccc1Nc1nc2ccccc2n1-c1ncnc(Cl)c1C. The second kappa shape index (κ2) is 6.18. The number of aromatic nitrogens is 4. The third kappa shape index (κ3) is 2.72. The number of anilines is 2. The van der Waals surface area contributed by atoms with Gasteiger partial charge in [0.15, 0.2) is 0 Å². The molecule has 4 aromatic rings. The zero-order valence-corrected chi connectivity index (χ0v) is 14.6. The Kier molecular flexibility index (Phi) is 3.86. The van der Waals surface area contributed by atoms with Gasteiger partial charge in [-0.25, -0.2) is 15.0 Å². The summed E-state index contributed by atoms with van der Waals surface area (Å²) in [7, 11) is 0. The standard InChI is InChI=1S/C19H16ClN5/c1-12-7-3-4-8-14(12)23-19-24-15-9-5-6-10-16(15)25(19)18-13(2)17(20)21-11-22-18/h3-11H,1-2H3,(H,23,24). The zero-order chi connectivity index (χ0) is 17.4. The van der Waals surface area contributed by atoms with Crippen molar-refractivity contribution in [3.05, 3.63) is 71.1 Å². The molecular formula is C19H16ClN5. The maximum absolute atomic E-state index is 6.21. The van der Waals surface area contributed by atoms with E-state index in [2.05, 4.69) is 28.3 Å². The van der Waals surface area contributed by atoms with E-state index in [1.165, 1.54) is 6.33 Å². The molecule has 0 aliphatic carbocycles. The molecule has 0 aliphatic rings. The van der Waals surface area contributed by atoms with Crippen molar-refractivity contribution < 1.29 is 0 Å². The van der Waals surface area contributed by atoms with Crippen molar-refractivity contribution in [2.75, 3.05) is 5.32 Å². The second-order valence-electron chi connectivity index (χ2n) is 5.81. The summed E-state index contributed by atoms with van der Waals surface area (Å²) >= 11 is 6.21. The fraction of sp³-hybridized carbons (Fsp3) is 0.105. The highest BCUT2D eigenvalue weighted by atomic mass is 35.5. The monoisotopic (exact) mass is 349 g/mol. The van der Waals surface area contributed by atoms with Gasteiger partial charge in [0, 0.05) is 11.3 Å². The van der Waals surface area contributed by atoms with Gasteiger partial charge in [-0.15, -0.1) is 0 Å². The maximum Gasteiger partial charge on any atom is 0.214 e. The largest absolute Gasteiger partial charge is 0.325 e. The molecule has 0 radical (unpaired) electrons. The molecule has 0 saturated carbocycles. The van der Waals surface area contributed by atoms with Crippen molar-refractivity contribution in [1.82, 2.24) is 19.5 Å². The molecule has 2 heterocycles. The number of nitrogens with zero attached hydrogens (tertiary/aromatic N) is 4. The van der Waals surface area contributed by atoms with Gasteiger partial charge in [-0.1, -0.05) is 41.9 Å². The highest BCUT2D eigenvalue weighted by molar-refractivity contribution is 6.30. The summed E-state index contributed by atoms with van der Waals surface area (Å²) in [5, 5.41) is 3.86. The fourth-order valence-electron chi connectivity index (χ4n) is 2.80. The lowest BCUT2D eigenvalue weighted by Gasteiger charge is -2.13. The highest BCUT2D eigenvalue weighted by Crippen LogP contribution is 2.29. The average Bonchev–Trinajstić information content (AvgIpc) is 2.97. The van der Waals surface area contributed by atoms with E-state index in [0.29, 0.717) is 16.9 Å². The molecule has 0 saturated heterocycles. The normalized spacial score (nSPS) is 11.0. The topological polar surface area (TPSA) is 55.6 Å². The number of hydrogen-bond acceptors (Lipinski definition) is 4. The van der Waals surface area contributed by atoms with E-state index in [0.717, 1.165) is 27.8 Å². The first-order chi connectivity index (χ1) is 12.1. The van der Waals surface area contributed by atoms with Crippen LogP contribution >= 0.6 is 11.6 Å². The van der Waals surface area contributed by atoms with Gasteiger partial charge in [0.2, 0.25) is 5.95 Å². The van der Waals surface area contributed by atoms with Crippen LogP contribution in [0.5, 0.6) is 0 Å². The minimum absolute atomic E-state index is 0.435. The van der Waals surface area contributed by atoms with Gasteiger partial charge in [-0.3, -0.25) is 4.57 Å². The molecular weight excluding hydrogens is 334 g/mol. The van der Waals surface area contributed by atoms with Crippen molar-refractivity contribution in [2.45, 2.75) is 13.8 Å². The minimum Gasteiger partial charge on any atom is -0.325 e. The lowest BCUT2D eigenvalue weighted by atomic mass is 10.2. The molecule has 2 aromatic heterocycles. The molecule has 0 spiro atoms. The molecule has 6 heteroatoms. The van der Waals surface area contributed by atoms with E-state index in [1.54, 1.807) is 0 Å². The summed E-state index contributed by atoms with van der Waals surface area (Å²) in [6.07, 6.45) is 1.47. The van der Waals surface area contributed by atoms with Crippen molar-refractivity contribution >= 4 is 34.3 Å². The molecule has 0 fully saturated rings. The lowest BCUT2D eigenvalue weighted by Crippen LogP contribution is -2.07. The number of hydrogen-bond donors (Lipinski definition) is 1. The number of halogens is 1. The highest BCUT2D eigenvalue weighted by Gasteiger charge is 2.17. The molecule has 0 bridgehead atoms. The Balaban J connectivity index is 1.96. The van der Waals surface area contributed by atoms with Gasteiger partial charge in [-0.2, -0.15) is 0 Å². The van der Waals surface area contributed by atoms with E-state index in [9.17, 15) is 0 Å². The Labute approximate surface area is 150 Å². The number of nitrogens with one attached hydrogen (secondary N) is 1. The molecule has 1 N–H and O–H groups in total. The summed E-state index contributed by atoms with van der Waals surface area (Å²) in [4.78, 5) is 13.2. The molecule has 0 aliphatic heterocycles. The van der Waals surface area contributed by atoms with E-state index in [4.69, 9.17) is 16.6 Å². The second-order valence-corrected chi connectivity index (χ2v) is 6.17. The van der Waals surface area contributed by atoms with Crippen LogP contribution in [0.15, 0.2) is 54.9 Å². The molecule has 0 unspecified atom stereocenters. The predicted molar refractivity (Wildman–Crippen MR) is 101 cm³/mol. The average molecular weight is 350 g/mol. The van der Waals surface area contributed by atoms with Gasteiger partial charge < -0.3 is 5.32 Å². The zero-order valence-electron chi connectivity index (χ0n) is 13.9. The first-order valence-electron chi connectivity index (χ1n) is 7.93. The van der Waals surface area contributed by atoms with Crippen LogP contribution in [0.1, 0.15) is 11.1 Å². The molecule has 124 valence electrons. The van der Waals surface area contributed by atoms with Crippen molar-refractivity contribution in [3.63, 3.8) is 0 Å². The summed E-state index contributed by atoms with van der Waals surface area (Å²) in [6.45, 7) is 3.96. The molecule has 0 amide bonds. The number of fused-ring (bicyclic) bond motifs is 1. The first kappa shape index (κ1) is 15.6. The quantitative estimate of drug-likeness (QED) is 0.538. The third-order valence-electron chi connectivity index (χ3n) is 4.16. The molecule has 4 rings (SSSR count). The molecule has 25 heavy (non-hydrogen) atoms. The van der Waals surface area contributed by atoms with Crippen molar-refractivity contribution in [2.24, 2.45) is 0 Å². The summed E-state index contributed by atoms with van der Waals surface area (Å²) in [5.41, 5.74) is 4.78. The molecule has 2 aromatic carbocycles. The van der Waals surface area contributed by atoms with Gasteiger partial charge in [0.05, 0.1) is 11.0 Å². The van der Waals surface area contributed by atoms with Gasteiger partial charge in [0.1, 0.15) is 17.3 Å². The van der Waals surface area contributed by atoms with Gasteiger partial charge in [-0.05, 0) is 37.6 Å². The van der Waals surface area contributed by atoms with Crippen LogP contribution in [0.25, 0.3) is 16.9 Å². The molecule has 5 nitrogen and oxygen atoms in total. The first-order valence-corrected chi connectivity index (χ1v) is 8.30. The molecule has 0 atom stereocenters.